The fraction of sp³-hybridized carbons (Fsp3) is 0.400. The zero-order valence-corrected chi connectivity index (χ0v) is 13.5. The van der Waals surface area contributed by atoms with Crippen molar-refractivity contribution in [3.8, 4) is 0 Å². The van der Waals surface area contributed by atoms with Crippen LogP contribution in [-0.2, 0) is 16.2 Å². The Kier molecular flexibility index (Phi) is 5.34. The van der Waals surface area contributed by atoms with Gasteiger partial charge in [0, 0.05) is 30.6 Å². The van der Waals surface area contributed by atoms with E-state index in [0.717, 1.165) is 17.5 Å². The highest BCUT2D eigenvalue weighted by Crippen LogP contribution is 2.30. The molecule has 2 rings (SSSR count). The van der Waals surface area contributed by atoms with Crippen molar-refractivity contribution in [3.63, 3.8) is 0 Å². The number of hydrogen-bond acceptors (Lipinski definition) is 3. The fourth-order valence-electron chi connectivity index (χ4n) is 2.49. The van der Waals surface area contributed by atoms with E-state index >= 15 is 0 Å². The quantitative estimate of drug-likeness (QED) is 0.874. The Morgan fingerprint density at radius 1 is 1.42 bits per heavy atom. The molecule has 1 aliphatic heterocycles. The number of sulfonamides is 1. The van der Waals surface area contributed by atoms with Gasteiger partial charge in [-0.15, -0.1) is 0 Å². The molecule has 1 unspecified atom stereocenters. The van der Waals surface area contributed by atoms with E-state index in [4.69, 9.17) is 0 Å². The van der Waals surface area contributed by atoms with Crippen molar-refractivity contribution in [3.05, 3.63) is 47.4 Å². The van der Waals surface area contributed by atoms with Gasteiger partial charge in [-0.3, -0.25) is 4.79 Å². The molecule has 0 aromatic heterocycles. The summed E-state index contributed by atoms with van der Waals surface area (Å²) >= 11 is 0. The lowest BCUT2D eigenvalue weighted by molar-refractivity contribution is -0.137. The second-order valence-corrected chi connectivity index (χ2v) is 7.26. The van der Waals surface area contributed by atoms with Gasteiger partial charge in [0.05, 0.1) is 5.56 Å². The summed E-state index contributed by atoms with van der Waals surface area (Å²) in [4.78, 5) is 13.8. The lowest BCUT2D eigenvalue weighted by atomic mass is 10.1. The molecule has 0 aliphatic carbocycles. The van der Waals surface area contributed by atoms with E-state index in [0.29, 0.717) is 13.0 Å². The minimum atomic E-state index is -4.51. The van der Waals surface area contributed by atoms with Gasteiger partial charge in [0.25, 0.3) is 5.91 Å². The third kappa shape index (κ3) is 4.57. The predicted molar refractivity (Wildman–Crippen MR) is 82.6 cm³/mol. The normalized spacial score (nSPS) is 18.6. The van der Waals surface area contributed by atoms with Gasteiger partial charge in [0.15, 0.2) is 0 Å². The van der Waals surface area contributed by atoms with Crippen LogP contribution in [0.15, 0.2) is 36.3 Å². The number of nitrogens with zero attached hydrogens (tertiary/aromatic N) is 1. The number of likely N-dealkylation sites (tertiary alicyclic amines) is 1. The standard InChI is InChI=1S/C15H17F3N2O3S/c1-2-24(22,23)19-9-11-6-7-20(10-11)14(21)12-4-3-5-13(8-12)15(16,17)18/h2-5,8,11,19H,1,6-7,9-10H2. The highest BCUT2D eigenvalue weighted by atomic mass is 32.2. The van der Waals surface area contributed by atoms with Gasteiger partial charge in [0.1, 0.15) is 0 Å². The number of amides is 1. The van der Waals surface area contributed by atoms with Crippen molar-refractivity contribution < 1.29 is 26.4 Å². The van der Waals surface area contributed by atoms with Gasteiger partial charge in [-0.25, -0.2) is 13.1 Å². The molecule has 1 amide bonds. The molecule has 1 aromatic rings. The summed E-state index contributed by atoms with van der Waals surface area (Å²) in [6, 6.07) is 4.27. The van der Waals surface area contributed by atoms with Crippen molar-refractivity contribution in [2.24, 2.45) is 5.92 Å². The molecule has 0 bridgehead atoms. The van der Waals surface area contributed by atoms with Crippen LogP contribution in [-0.4, -0.2) is 38.9 Å². The first-order valence-electron chi connectivity index (χ1n) is 7.21. The summed E-state index contributed by atoms with van der Waals surface area (Å²) in [7, 11) is -3.53. The molecule has 1 fully saturated rings. The van der Waals surface area contributed by atoms with E-state index < -0.39 is 27.7 Å². The monoisotopic (exact) mass is 362 g/mol. The molecule has 132 valence electrons. The summed E-state index contributed by atoms with van der Waals surface area (Å²) in [6.45, 7) is 3.99. The number of rotatable bonds is 5. The number of alkyl halides is 3. The number of benzene rings is 1. The van der Waals surface area contributed by atoms with Crippen molar-refractivity contribution in [2.75, 3.05) is 19.6 Å². The lowest BCUT2D eigenvalue weighted by Crippen LogP contribution is -2.32. The summed E-state index contributed by atoms with van der Waals surface area (Å²) < 4.78 is 63.1. The van der Waals surface area contributed by atoms with E-state index in [9.17, 15) is 26.4 Å². The van der Waals surface area contributed by atoms with E-state index in [2.05, 4.69) is 11.3 Å². The largest absolute Gasteiger partial charge is 0.416 e. The highest BCUT2D eigenvalue weighted by molar-refractivity contribution is 7.92. The zero-order valence-electron chi connectivity index (χ0n) is 12.7. The number of nitrogens with one attached hydrogen (secondary N) is 1. The Morgan fingerprint density at radius 3 is 2.75 bits per heavy atom. The minimum absolute atomic E-state index is 0.0304. The summed E-state index contributed by atoms with van der Waals surface area (Å²) in [5.74, 6) is -0.579. The van der Waals surface area contributed by atoms with Gasteiger partial charge < -0.3 is 4.90 Å². The average Bonchev–Trinajstić information content (AvgIpc) is 3.01. The van der Waals surface area contributed by atoms with Crippen LogP contribution in [0.1, 0.15) is 22.3 Å². The van der Waals surface area contributed by atoms with Crippen LogP contribution < -0.4 is 4.72 Å². The molecule has 0 saturated carbocycles. The molecule has 5 nitrogen and oxygen atoms in total. The van der Waals surface area contributed by atoms with Gasteiger partial charge in [-0.1, -0.05) is 12.6 Å². The third-order valence-corrected chi connectivity index (χ3v) is 4.81. The van der Waals surface area contributed by atoms with E-state index in [1.165, 1.54) is 17.0 Å². The maximum absolute atomic E-state index is 12.7. The van der Waals surface area contributed by atoms with Crippen molar-refractivity contribution in [1.29, 1.82) is 0 Å². The molecular formula is C15H17F3N2O3S. The molecule has 9 heteroatoms. The molecule has 0 spiro atoms. The molecule has 1 saturated heterocycles. The second-order valence-electron chi connectivity index (χ2n) is 5.54. The molecule has 24 heavy (non-hydrogen) atoms. The van der Waals surface area contributed by atoms with Crippen LogP contribution >= 0.6 is 0 Å². The molecule has 0 radical (unpaired) electrons. The number of hydrogen-bond donors (Lipinski definition) is 1. The number of carbonyl (C=O) groups excluding carboxylic acids is 1. The first kappa shape index (κ1) is 18.5. The second kappa shape index (κ2) is 6.94. The van der Waals surface area contributed by atoms with Crippen LogP contribution in [0.3, 0.4) is 0 Å². The third-order valence-electron chi connectivity index (χ3n) is 3.80. The summed E-state index contributed by atoms with van der Waals surface area (Å²) in [6.07, 6.45) is -3.93. The Labute approximate surface area is 138 Å². The van der Waals surface area contributed by atoms with Crippen molar-refractivity contribution in [2.45, 2.75) is 12.6 Å². The van der Waals surface area contributed by atoms with Gasteiger partial charge in [0.2, 0.25) is 10.0 Å². The average molecular weight is 362 g/mol. The van der Waals surface area contributed by atoms with E-state index in [1.54, 1.807) is 0 Å². The Balaban J connectivity index is 2.01. The van der Waals surface area contributed by atoms with Gasteiger partial charge >= 0.3 is 6.18 Å². The first-order chi connectivity index (χ1) is 11.1. The van der Waals surface area contributed by atoms with E-state index in [1.807, 2.05) is 0 Å². The van der Waals surface area contributed by atoms with Crippen LogP contribution in [0.5, 0.6) is 0 Å². The summed E-state index contributed by atoms with van der Waals surface area (Å²) in [5.41, 5.74) is -0.903. The molecule has 1 atom stereocenters. The van der Waals surface area contributed by atoms with Crippen LogP contribution in [0.25, 0.3) is 0 Å². The molecule has 1 aromatic carbocycles. The van der Waals surface area contributed by atoms with Crippen molar-refractivity contribution in [1.82, 2.24) is 9.62 Å². The molecule has 1 aliphatic rings. The Hall–Kier alpha value is -1.87. The smallest absolute Gasteiger partial charge is 0.338 e. The molecular weight excluding hydrogens is 345 g/mol. The predicted octanol–water partition coefficient (Wildman–Crippen LogP) is 2.23. The maximum Gasteiger partial charge on any atom is 0.416 e. The summed E-state index contributed by atoms with van der Waals surface area (Å²) in [5, 5.41) is 0.799. The molecule has 1 N–H and O–H groups in total. The van der Waals surface area contributed by atoms with E-state index in [-0.39, 0.29) is 24.6 Å². The SMILES string of the molecule is C=CS(=O)(=O)NCC1CCN(C(=O)c2cccc(C(F)(F)F)c2)C1. The zero-order chi connectivity index (χ0) is 18.0. The number of halogens is 3. The first-order valence-corrected chi connectivity index (χ1v) is 8.75. The van der Waals surface area contributed by atoms with Gasteiger partial charge in [-0.2, -0.15) is 13.2 Å². The van der Waals surface area contributed by atoms with Gasteiger partial charge in [-0.05, 0) is 30.5 Å². The highest BCUT2D eigenvalue weighted by Gasteiger charge is 2.32. The van der Waals surface area contributed by atoms with Crippen LogP contribution in [0, 0.1) is 5.92 Å². The van der Waals surface area contributed by atoms with Crippen LogP contribution in [0.4, 0.5) is 13.2 Å². The fourth-order valence-corrected chi connectivity index (χ4v) is 3.07. The lowest BCUT2D eigenvalue weighted by Gasteiger charge is -2.17. The maximum atomic E-state index is 12.7. The molecule has 1 heterocycles. The number of carbonyl (C=O) groups is 1. The minimum Gasteiger partial charge on any atom is -0.338 e. The Morgan fingerprint density at radius 2 is 2.12 bits per heavy atom. The van der Waals surface area contributed by atoms with Crippen molar-refractivity contribution >= 4 is 15.9 Å². The van der Waals surface area contributed by atoms with Crippen LogP contribution in [0.2, 0.25) is 0 Å². The topological polar surface area (TPSA) is 66.5 Å². The Bertz CT molecular complexity index is 732.